The van der Waals surface area contributed by atoms with Crippen molar-refractivity contribution < 1.29 is 19.0 Å². The minimum Gasteiger partial charge on any atom is -0.494 e. The zero-order valence-electron chi connectivity index (χ0n) is 17.6. The van der Waals surface area contributed by atoms with Crippen LogP contribution in [0.25, 0.3) is 22.4 Å². The van der Waals surface area contributed by atoms with E-state index in [1.807, 2.05) is 37.4 Å². The van der Waals surface area contributed by atoms with E-state index in [4.69, 9.17) is 14.2 Å². The molecule has 5 heteroatoms. The summed E-state index contributed by atoms with van der Waals surface area (Å²) in [5.74, 6) is 1.36. The average Bonchev–Trinajstić information content (AvgIpc) is 3.25. The van der Waals surface area contributed by atoms with Crippen molar-refractivity contribution in [2.45, 2.75) is 39.5 Å². The highest BCUT2D eigenvalue weighted by molar-refractivity contribution is 5.72. The molecule has 30 heavy (non-hydrogen) atoms. The van der Waals surface area contributed by atoms with Crippen LogP contribution in [0.1, 0.15) is 39.5 Å². The number of aromatic amines is 1. The molecular formula is C25H29NO4. The lowest BCUT2D eigenvalue weighted by molar-refractivity contribution is 0.0978. The summed E-state index contributed by atoms with van der Waals surface area (Å²) in [5, 5.41) is 0. The van der Waals surface area contributed by atoms with Crippen LogP contribution in [0.15, 0.2) is 60.8 Å². The second-order valence-corrected chi connectivity index (χ2v) is 7.11. The summed E-state index contributed by atoms with van der Waals surface area (Å²) >= 11 is 0. The van der Waals surface area contributed by atoms with Crippen molar-refractivity contribution in [2.24, 2.45) is 0 Å². The van der Waals surface area contributed by atoms with Crippen LogP contribution in [-0.2, 0) is 4.74 Å². The molecule has 2 aromatic carbocycles. The Balaban J connectivity index is 1.59. The predicted molar refractivity (Wildman–Crippen MR) is 119 cm³/mol. The fraction of sp³-hybridized carbons (Fsp3) is 0.320. The molecule has 1 heterocycles. The normalized spacial score (nSPS) is 10.6. The first-order valence-corrected chi connectivity index (χ1v) is 10.6. The molecule has 3 aromatic rings. The Hall–Kier alpha value is -3.21. The molecule has 0 spiro atoms. The minimum absolute atomic E-state index is 0.379. The molecule has 158 valence electrons. The van der Waals surface area contributed by atoms with E-state index in [9.17, 15) is 4.79 Å². The molecule has 1 aromatic heterocycles. The van der Waals surface area contributed by atoms with Gasteiger partial charge in [0, 0.05) is 11.9 Å². The van der Waals surface area contributed by atoms with Crippen molar-refractivity contribution >= 4 is 6.16 Å². The van der Waals surface area contributed by atoms with Crippen molar-refractivity contribution in [3.05, 3.63) is 60.8 Å². The number of hydrogen-bond donors (Lipinski definition) is 1. The lowest BCUT2D eigenvalue weighted by Crippen LogP contribution is -2.11. The standard InChI is InChI=1S/C25H29NO4/c1-3-5-15-28-22-11-7-19(8-12-22)21-17-24(26-18-21)20-9-13-23(14-10-20)30-25(27)29-16-6-4-2/h7-14,17-18,26H,3-6,15-16H2,1-2H3. The average molecular weight is 408 g/mol. The van der Waals surface area contributed by atoms with Gasteiger partial charge < -0.3 is 19.2 Å². The van der Waals surface area contributed by atoms with Gasteiger partial charge in [0.05, 0.1) is 13.2 Å². The molecular weight excluding hydrogens is 378 g/mol. The molecule has 0 amide bonds. The van der Waals surface area contributed by atoms with Crippen molar-refractivity contribution in [1.82, 2.24) is 4.98 Å². The number of nitrogens with one attached hydrogen (secondary N) is 1. The number of unbranched alkanes of at least 4 members (excludes halogenated alkanes) is 2. The van der Waals surface area contributed by atoms with E-state index >= 15 is 0 Å². The van der Waals surface area contributed by atoms with Crippen molar-refractivity contribution in [2.75, 3.05) is 13.2 Å². The van der Waals surface area contributed by atoms with Crippen LogP contribution in [0.2, 0.25) is 0 Å². The Kier molecular flexibility index (Phi) is 7.95. The SMILES string of the molecule is CCCCOC(=O)Oc1ccc(-c2cc(-c3ccc(OCCCC)cc3)c[nH]2)cc1. The monoisotopic (exact) mass is 407 g/mol. The largest absolute Gasteiger partial charge is 0.513 e. The van der Waals surface area contributed by atoms with E-state index in [1.54, 1.807) is 12.1 Å². The molecule has 0 unspecified atom stereocenters. The number of carbonyl (C=O) groups is 1. The molecule has 0 radical (unpaired) electrons. The molecule has 5 nitrogen and oxygen atoms in total. The zero-order chi connectivity index (χ0) is 21.2. The maximum absolute atomic E-state index is 11.6. The number of aromatic nitrogens is 1. The summed E-state index contributed by atoms with van der Waals surface area (Å²) in [6, 6.07) is 17.6. The maximum Gasteiger partial charge on any atom is 0.513 e. The maximum atomic E-state index is 11.6. The number of carbonyl (C=O) groups excluding carboxylic acids is 1. The Morgan fingerprint density at radius 2 is 1.43 bits per heavy atom. The highest BCUT2D eigenvalue weighted by Crippen LogP contribution is 2.28. The zero-order valence-corrected chi connectivity index (χ0v) is 17.6. The van der Waals surface area contributed by atoms with Crippen molar-refractivity contribution in [1.29, 1.82) is 0 Å². The smallest absolute Gasteiger partial charge is 0.494 e. The number of H-pyrrole nitrogens is 1. The van der Waals surface area contributed by atoms with E-state index < -0.39 is 6.16 Å². The van der Waals surface area contributed by atoms with Crippen molar-refractivity contribution in [3.63, 3.8) is 0 Å². The summed E-state index contributed by atoms with van der Waals surface area (Å²) in [6.45, 7) is 5.32. The molecule has 0 aliphatic carbocycles. The van der Waals surface area contributed by atoms with Gasteiger partial charge in [0.1, 0.15) is 11.5 Å². The van der Waals surface area contributed by atoms with E-state index in [-0.39, 0.29) is 0 Å². The Morgan fingerprint density at radius 1 is 0.800 bits per heavy atom. The quantitative estimate of drug-likeness (QED) is 0.227. The molecule has 1 N–H and O–H groups in total. The van der Waals surface area contributed by atoms with E-state index in [2.05, 4.69) is 30.1 Å². The third-order valence-electron chi connectivity index (χ3n) is 4.72. The fourth-order valence-electron chi connectivity index (χ4n) is 2.93. The summed E-state index contributed by atoms with van der Waals surface area (Å²) in [6.07, 6.45) is 5.31. The van der Waals surface area contributed by atoms with E-state index in [0.717, 1.165) is 60.4 Å². The first kappa shape index (κ1) is 21.5. The Labute approximate surface area is 178 Å². The van der Waals surface area contributed by atoms with Crippen molar-refractivity contribution in [3.8, 4) is 33.9 Å². The Bertz CT molecular complexity index is 913. The second-order valence-electron chi connectivity index (χ2n) is 7.11. The van der Waals surface area contributed by atoms with Gasteiger partial charge in [-0.2, -0.15) is 0 Å². The summed E-state index contributed by atoms with van der Waals surface area (Å²) < 4.78 is 15.9. The van der Waals surface area contributed by atoms with Gasteiger partial charge in [-0.3, -0.25) is 0 Å². The number of hydrogen-bond acceptors (Lipinski definition) is 4. The highest BCUT2D eigenvalue weighted by atomic mass is 16.7. The second kappa shape index (κ2) is 11.1. The molecule has 0 aliphatic rings. The van der Waals surface area contributed by atoms with Gasteiger partial charge >= 0.3 is 6.16 Å². The van der Waals surface area contributed by atoms with Crippen LogP contribution in [0.3, 0.4) is 0 Å². The van der Waals surface area contributed by atoms with Crippen LogP contribution in [0.5, 0.6) is 11.5 Å². The van der Waals surface area contributed by atoms with Crippen LogP contribution >= 0.6 is 0 Å². The van der Waals surface area contributed by atoms with Crippen LogP contribution in [0.4, 0.5) is 4.79 Å². The first-order chi connectivity index (χ1) is 14.7. The summed E-state index contributed by atoms with van der Waals surface area (Å²) in [7, 11) is 0. The highest BCUT2D eigenvalue weighted by Gasteiger charge is 2.08. The first-order valence-electron chi connectivity index (χ1n) is 10.6. The Morgan fingerprint density at radius 3 is 2.13 bits per heavy atom. The van der Waals surface area contributed by atoms with Gasteiger partial charge in [0.25, 0.3) is 0 Å². The van der Waals surface area contributed by atoms with Crippen LogP contribution < -0.4 is 9.47 Å². The number of rotatable bonds is 10. The van der Waals surface area contributed by atoms with Gasteiger partial charge in [-0.05, 0) is 72.0 Å². The molecule has 0 aliphatic heterocycles. The lowest BCUT2D eigenvalue weighted by atomic mass is 10.1. The van der Waals surface area contributed by atoms with E-state index in [1.165, 1.54) is 0 Å². The van der Waals surface area contributed by atoms with Gasteiger partial charge in [-0.25, -0.2) is 4.79 Å². The van der Waals surface area contributed by atoms with Crippen LogP contribution in [-0.4, -0.2) is 24.4 Å². The van der Waals surface area contributed by atoms with Gasteiger partial charge in [-0.15, -0.1) is 0 Å². The van der Waals surface area contributed by atoms with Gasteiger partial charge in [-0.1, -0.05) is 38.8 Å². The molecule has 0 atom stereocenters. The minimum atomic E-state index is -0.666. The van der Waals surface area contributed by atoms with Gasteiger partial charge in [0.15, 0.2) is 0 Å². The summed E-state index contributed by atoms with van der Waals surface area (Å²) in [5.41, 5.74) is 4.22. The molecule has 0 bridgehead atoms. The van der Waals surface area contributed by atoms with E-state index in [0.29, 0.717) is 12.4 Å². The molecule has 3 rings (SSSR count). The number of benzene rings is 2. The van der Waals surface area contributed by atoms with Crippen LogP contribution in [0, 0.1) is 0 Å². The van der Waals surface area contributed by atoms with Gasteiger partial charge in [0.2, 0.25) is 0 Å². The lowest BCUT2D eigenvalue weighted by Gasteiger charge is -2.06. The topological polar surface area (TPSA) is 60.6 Å². The fourth-order valence-corrected chi connectivity index (χ4v) is 2.93. The number of ether oxygens (including phenoxy) is 3. The third-order valence-corrected chi connectivity index (χ3v) is 4.72. The predicted octanol–water partition coefficient (Wildman–Crippen LogP) is 6.84. The summed E-state index contributed by atoms with van der Waals surface area (Å²) in [4.78, 5) is 14.9. The third kappa shape index (κ3) is 6.14. The molecule has 0 saturated heterocycles. The molecule has 0 fully saturated rings. The molecule has 0 saturated carbocycles.